The number of phenolic OH excluding ortho intramolecular Hbond substituents is 2. The standard InChI is InChI=1S/C47H37N9O4/c1-49-35-11-7-13-37(27-35)52-47(60)41-25-29-9-3-5-15-39(29)43(45(41)58)56-54-34-22-18-32(19-23-34)50-31-16-20-33(21-17-31)53-55-42-38-14-4-2-8-28(38)24-40(44(42)57)46(59)51-36-12-6-10-30(48)26-36/h2-27,49-50,57-58H,48H2,1H3,(H,51,59)(H,52,60). The van der Waals surface area contributed by atoms with Crippen molar-refractivity contribution >= 4 is 90.2 Å². The van der Waals surface area contributed by atoms with Gasteiger partial charge < -0.3 is 37.2 Å². The molecule has 8 aromatic rings. The van der Waals surface area contributed by atoms with E-state index in [0.29, 0.717) is 44.6 Å². The fourth-order valence-corrected chi connectivity index (χ4v) is 6.55. The average Bonchev–Trinajstić information content (AvgIpc) is 3.26. The Morgan fingerprint density at radius 3 is 1.42 bits per heavy atom. The molecule has 0 aromatic heterocycles. The van der Waals surface area contributed by atoms with Gasteiger partial charge in [0.1, 0.15) is 11.4 Å². The number of carbonyl (C=O) groups excluding carboxylic acids is 2. The maximum atomic E-state index is 13.3. The highest BCUT2D eigenvalue weighted by atomic mass is 16.3. The number of aromatic hydroxyl groups is 2. The third-order valence-corrected chi connectivity index (χ3v) is 9.59. The molecule has 0 bridgehead atoms. The molecule has 0 radical (unpaired) electrons. The normalized spacial score (nSPS) is 11.3. The number of nitrogens with one attached hydrogen (secondary N) is 4. The molecule has 13 nitrogen and oxygen atoms in total. The third kappa shape index (κ3) is 8.40. The van der Waals surface area contributed by atoms with Gasteiger partial charge in [-0.1, -0.05) is 60.7 Å². The summed E-state index contributed by atoms with van der Waals surface area (Å²) < 4.78 is 0. The molecule has 0 spiro atoms. The molecule has 0 aliphatic carbocycles. The van der Waals surface area contributed by atoms with Gasteiger partial charge in [-0.3, -0.25) is 9.59 Å². The Morgan fingerprint density at radius 1 is 0.483 bits per heavy atom. The van der Waals surface area contributed by atoms with Crippen LogP contribution in [0.25, 0.3) is 21.5 Å². The molecule has 8 rings (SSSR count). The molecule has 294 valence electrons. The smallest absolute Gasteiger partial charge is 0.259 e. The van der Waals surface area contributed by atoms with Gasteiger partial charge in [-0.2, -0.15) is 10.2 Å². The van der Waals surface area contributed by atoms with Gasteiger partial charge in [0.15, 0.2) is 11.5 Å². The zero-order chi connectivity index (χ0) is 41.6. The molecule has 8 aromatic carbocycles. The predicted octanol–water partition coefficient (Wildman–Crippen LogP) is 12.1. The number of phenols is 2. The number of nitrogen functional groups attached to an aromatic ring is 1. The van der Waals surface area contributed by atoms with Gasteiger partial charge in [-0.25, -0.2) is 0 Å². The minimum Gasteiger partial charge on any atom is -0.505 e. The van der Waals surface area contributed by atoms with E-state index >= 15 is 0 Å². The van der Waals surface area contributed by atoms with Crippen molar-refractivity contribution in [3.8, 4) is 11.5 Å². The summed E-state index contributed by atoms with van der Waals surface area (Å²) in [6.45, 7) is 0. The lowest BCUT2D eigenvalue weighted by molar-refractivity contribution is 0.101. The van der Waals surface area contributed by atoms with Crippen LogP contribution in [0.15, 0.2) is 178 Å². The lowest BCUT2D eigenvalue weighted by atomic mass is 10.0. The number of fused-ring (bicyclic) bond motifs is 2. The Balaban J connectivity index is 0.963. The fourth-order valence-electron chi connectivity index (χ4n) is 6.55. The van der Waals surface area contributed by atoms with Crippen LogP contribution in [0.1, 0.15) is 20.7 Å². The quantitative estimate of drug-likeness (QED) is 0.0499. The molecule has 2 amide bonds. The molecular weight excluding hydrogens is 755 g/mol. The largest absolute Gasteiger partial charge is 0.505 e. The van der Waals surface area contributed by atoms with Gasteiger partial charge in [0.05, 0.1) is 22.5 Å². The third-order valence-electron chi connectivity index (χ3n) is 9.59. The van der Waals surface area contributed by atoms with Crippen LogP contribution in [0, 0.1) is 0 Å². The lowest BCUT2D eigenvalue weighted by Crippen LogP contribution is -2.12. The summed E-state index contributed by atoms with van der Waals surface area (Å²) in [5.74, 6) is -1.57. The van der Waals surface area contributed by atoms with E-state index in [2.05, 4.69) is 41.7 Å². The van der Waals surface area contributed by atoms with Crippen LogP contribution in [-0.4, -0.2) is 29.1 Å². The monoisotopic (exact) mass is 791 g/mol. The highest BCUT2D eigenvalue weighted by Gasteiger charge is 2.20. The van der Waals surface area contributed by atoms with Gasteiger partial charge >= 0.3 is 0 Å². The Labute approximate surface area is 344 Å². The minimum atomic E-state index is -0.515. The van der Waals surface area contributed by atoms with E-state index in [4.69, 9.17) is 5.73 Å². The van der Waals surface area contributed by atoms with Gasteiger partial charge in [-0.05, 0) is 108 Å². The second-order valence-electron chi connectivity index (χ2n) is 13.7. The maximum absolute atomic E-state index is 13.3. The number of hydrogen-bond acceptors (Lipinski definition) is 11. The van der Waals surface area contributed by atoms with E-state index in [-0.39, 0.29) is 34.0 Å². The fraction of sp³-hybridized carbons (Fsp3) is 0.0213. The number of amides is 2. The summed E-state index contributed by atoms with van der Waals surface area (Å²) in [5, 5.41) is 54.8. The minimum absolute atomic E-state index is 0.0465. The van der Waals surface area contributed by atoms with Crippen molar-refractivity contribution in [2.45, 2.75) is 0 Å². The number of nitrogens with zero attached hydrogens (tertiary/aromatic N) is 4. The van der Waals surface area contributed by atoms with Crippen molar-refractivity contribution in [2.75, 3.05) is 34.0 Å². The maximum Gasteiger partial charge on any atom is 0.259 e. The van der Waals surface area contributed by atoms with Crippen molar-refractivity contribution in [1.29, 1.82) is 0 Å². The summed E-state index contributed by atoms with van der Waals surface area (Å²) in [4.78, 5) is 26.6. The SMILES string of the molecule is CNc1cccc(NC(=O)c2cc3ccccc3c(N=Nc3ccc(Nc4ccc(N=Nc5c(O)c(C(=O)Nc6cccc(N)c6)cc6ccccc56)cc4)cc3)c2O)c1. The summed E-state index contributed by atoms with van der Waals surface area (Å²) in [6, 6.07) is 46.4. The molecule has 0 atom stereocenters. The van der Waals surface area contributed by atoms with Crippen LogP contribution >= 0.6 is 0 Å². The molecule has 0 fully saturated rings. The Hall–Kier alpha value is -8.58. The van der Waals surface area contributed by atoms with Crippen LogP contribution in [0.4, 0.5) is 56.9 Å². The number of carbonyl (C=O) groups is 2. The molecule has 0 saturated carbocycles. The molecule has 8 N–H and O–H groups in total. The highest BCUT2D eigenvalue weighted by Crippen LogP contribution is 2.41. The van der Waals surface area contributed by atoms with Crippen molar-refractivity contribution in [2.24, 2.45) is 20.5 Å². The van der Waals surface area contributed by atoms with Crippen LogP contribution in [-0.2, 0) is 0 Å². The van der Waals surface area contributed by atoms with Crippen molar-refractivity contribution < 1.29 is 19.8 Å². The molecule has 0 aliphatic heterocycles. The van der Waals surface area contributed by atoms with Crippen LogP contribution < -0.4 is 27.0 Å². The second-order valence-corrected chi connectivity index (χ2v) is 13.7. The van der Waals surface area contributed by atoms with Crippen molar-refractivity contribution in [3.63, 3.8) is 0 Å². The van der Waals surface area contributed by atoms with E-state index < -0.39 is 11.8 Å². The number of rotatable bonds is 11. The number of nitrogens with two attached hydrogens (primary N) is 1. The number of azo groups is 2. The first-order valence-electron chi connectivity index (χ1n) is 18.8. The Kier molecular flexibility index (Phi) is 10.8. The second kappa shape index (κ2) is 16.9. The van der Waals surface area contributed by atoms with Crippen LogP contribution in [0.3, 0.4) is 0 Å². The summed E-state index contributed by atoms with van der Waals surface area (Å²) in [5.41, 5.74) is 11.3. The highest BCUT2D eigenvalue weighted by molar-refractivity contribution is 6.13. The number of hydrogen-bond donors (Lipinski definition) is 7. The predicted molar refractivity (Wildman–Crippen MR) is 238 cm³/mol. The first kappa shape index (κ1) is 38.3. The molecular formula is C47H37N9O4. The first-order chi connectivity index (χ1) is 29.2. The van der Waals surface area contributed by atoms with Gasteiger partial charge in [-0.15, -0.1) is 10.2 Å². The summed E-state index contributed by atoms with van der Waals surface area (Å²) in [7, 11) is 1.79. The van der Waals surface area contributed by atoms with Gasteiger partial charge in [0.25, 0.3) is 11.8 Å². The topological polar surface area (TPSA) is 198 Å². The van der Waals surface area contributed by atoms with E-state index in [9.17, 15) is 19.8 Å². The molecule has 60 heavy (non-hydrogen) atoms. The molecule has 13 heteroatoms. The van der Waals surface area contributed by atoms with E-state index in [0.717, 1.165) is 22.4 Å². The molecule has 0 saturated heterocycles. The van der Waals surface area contributed by atoms with Crippen LogP contribution in [0.2, 0.25) is 0 Å². The van der Waals surface area contributed by atoms with Crippen molar-refractivity contribution in [3.05, 3.63) is 169 Å². The van der Waals surface area contributed by atoms with E-state index in [1.54, 1.807) is 85.9 Å². The van der Waals surface area contributed by atoms with E-state index in [1.165, 1.54) is 0 Å². The zero-order valence-corrected chi connectivity index (χ0v) is 32.1. The van der Waals surface area contributed by atoms with Gasteiger partial charge in [0.2, 0.25) is 0 Å². The number of benzene rings is 8. The lowest BCUT2D eigenvalue weighted by Gasteiger charge is -2.12. The van der Waals surface area contributed by atoms with E-state index in [1.807, 2.05) is 78.9 Å². The molecule has 0 unspecified atom stereocenters. The Bertz CT molecular complexity index is 2970. The average molecular weight is 792 g/mol. The first-order valence-corrected chi connectivity index (χ1v) is 18.8. The molecule has 0 heterocycles. The molecule has 0 aliphatic rings. The summed E-state index contributed by atoms with van der Waals surface area (Å²) >= 11 is 0. The van der Waals surface area contributed by atoms with Crippen LogP contribution in [0.5, 0.6) is 11.5 Å². The zero-order valence-electron chi connectivity index (χ0n) is 32.1. The van der Waals surface area contributed by atoms with Gasteiger partial charge in [0, 0.05) is 51.9 Å². The van der Waals surface area contributed by atoms with Crippen molar-refractivity contribution in [1.82, 2.24) is 0 Å². The number of anilines is 6. The summed E-state index contributed by atoms with van der Waals surface area (Å²) in [6.07, 6.45) is 0. The Morgan fingerprint density at radius 2 is 0.933 bits per heavy atom.